The van der Waals surface area contributed by atoms with Crippen LogP contribution in [0, 0.1) is 0 Å². The van der Waals surface area contributed by atoms with Gasteiger partial charge in [0.1, 0.15) is 32.1 Å². The van der Waals surface area contributed by atoms with Gasteiger partial charge in [0.15, 0.2) is 34.5 Å². The van der Waals surface area contributed by atoms with E-state index >= 15 is 0 Å². The third kappa shape index (κ3) is 5.99. The molecule has 0 unspecified atom stereocenters. The van der Waals surface area contributed by atoms with E-state index in [-0.39, 0.29) is 33.1 Å². The predicted octanol–water partition coefficient (Wildman–Crippen LogP) is 7.82. The Bertz CT molecular complexity index is 2080. The SMILES string of the molecule is CCOC1=C/C(=C/Nc2ccc3c(c2)Oc2c(Cl)c4c(c(Cl)c2=N3)Oc2cc(N/C=C3\C=CC(=O)C(OCC)=C3)ccc2N=4)C=CC1=O. The van der Waals surface area contributed by atoms with Gasteiger partial charge in [0.25, 0.3) is 0 Å². The van der Waals surface area contributed by atoms with Crippen LogP contribution in [0.15, 0.2) is 118 Å². The van der Waals surface area contributed by atoms with Crippen molar-refractivity contribution in [2.24, 2.45) is 9.98 Å². The second kappa shape index (κ2) is 12.9. The van der Waals surface area contributed by atoms with Gasteiger partial charge in [-0.05, 0) is 85.7 Å². The Hall–Kier alpha value is -5.58. The van der Waals surface area contributed by atoms with E-state index in [0.717, 1.165) is 22.5 Å². The summed E-state index contributed by atoms with van der Waals surface area (Å²) >= 11 is 13.7. The largest absolute Gasteiger partial charge is 0.490 e. The number of hydrogen-bond acceptors (Lipinski definition) is 10. The van der Waals surface area contributed by atoms with Gasteiger partial charge < -0.3 is 29.6 Å². The molecule has 12 heteroatoms. The highest BCUT2D eigenvalue weighted by Gasteiger charge is 2.27. The number of rotatable bonds is 8. The second-order valence-electron chi connectivity index (χ2n) is 10.6. The predicted molar refractivity (Wildman–Crippen MR) is 182 cm³/mol. The van der Waals surface area contributed by atoms with Gasteiger partial charge in [0, 0.05) is 35.9 Å². The summed E-state index contributed by atoms with van der Waals surface area (Å²) in [6, 6.07) is 10.8. The molecule has 2 aliphatic heterocycles. The van der Waals surface area contributed by atoms with Crippen LogP contribution in [0.1, 0.15) is 13.8 Å². The maximum Gasteiger partial charge on any atom is 0.220 e. The maximum absolute atomic E-state index is 12.0. The minimum absolute atomic E-state index is 0.174. The average molecular weight is 682 g/mol. The number of ether oxygens (including phenoxy) is 4. The molecule has 3 aromatic rings. The minimum Gasteiger partial charge on any atom is -0.490 e. The molecule has 0 spiro atoms. The molecule has 3 aromatic carbocycles. The van der Waals surface area contributed by atoms with Crippen LogP contribution in [0.5, 0.6) is 23.0 Å². The first-order chi connectivity index (χ1) is 23.3. The molecule has 2 N–H and O–H groups in total. The zero-order chi connectivity index (χ0) is 33.4. The van der Waals surface area contributed by atoms with Gasteiger partial charge in [0.05, 0.1) is 13.2 Å². The Kier molecular flexibility index (Phi) is 8.34. The standard InChI is InChI=1S/C36H26Cl2N4O6/c1-3-45-29-13-19(5-11-25(29)43)17-39-21-7-9-23-27(15-21)47-35-31(37)34-36(32(38)33(35)41-23)48-28-16-22(8-10-24(28)42-34)40-18-20-6-12-26(44)30(14-20)46-4-2/h5-18,39-40H,3-4H2,1-2H3/b19-17+,20-18+. The molecule has 2 aliphatic carbocycles. The number of carbonyl (C=O) groups excluding carboxylic acids is 2. The van der Waals surface area contributed by atoms with Crippen molar-refractivity contribution in [3.63, 3.8) is 0 Å². The fourth-order valence-corrected chi connectivity index (χ4v) is 5.64. The van der Waals surface area contributed by atoms with Crippen LogP contribution in [-0.2, 0) is 19.1 Å². The zero-order valence-electron chi connectivity index (χ0n) is 25.6. The molecular formula is C36H26Cl2N4O6. The van der Waals surface area contributed by atoms with E-state index < -0.39 is 0 Å². The number of nitrogens with one attached hydrogen (secondary N) is 2. The van der Waals surface area contributed by atoms with Crippen LogP contribution in [0.25, 0.3) is 0 Å². The summed E-state index contributed by atoms with van der Waals surface area (Å²) in [5.41, 5.74) is 4.07. The van der Waals surface area contributed by atoms with Crippen molar-refractivity contribution in [1.29, 1.82) is 0 Å². The van der Waals surface area contributed by atoms with E-state index in [4.69, 9.17) is 52.1 Å². The molecule has 0 amide bonds. The Balaban J connectivity index is 1.14. The molecule has 0 saturated carbocycles. The van der Waals surface area contributed by atoms with Crippen LogP contribution in [-0.4, -0.2) is 24.8 Å². The summed E-state index contributed by atoms with van der Waals surface area (Å²) < 4.78 is 23.3. The molecule has 10 nitrogen and oxygen atoms in total. The number of nitrogens with zero attached hydrogens (tertiary/aromatic N) is 2. The van der Waals surface area contributed by atoms with Crippen molar-refractivity contribution in [3.05, 3.63) is 129 Å². The molecule has 2 heterocycles. The van der Waals surface area contributed by atoms with Crippen LogP contribution in [0.4, 0.5) is 22.7 Å². The minimum atomic E-state index is -0.174. The fourth-order valence-electron chi connectivity index (χ4n) is 5.12. The third-order valence-electron chi connectivity index (χ3n) is 7.40. The lowest BCUT2D eigenvalue weighted by molar-refractivity contribution is -0.115. The molecule has 0 fully saturated rings. The Morgan fingerprint density at radius 3 is 1.54 bits per heavy atom. The van der Waals surface area contributed by atoms with E-state index in [2.05, 4.69) is 10.6 Å². The van der Waals surface area contributed by atoms with Gasteiger partial charge in [0.2, 0.25) is 11.6 Å². The number of halogens is 2. The summed E-state index contributed by atoms with van der Waals surface area (Å²) in [6.45, 7) is 4.45. The highest BCUT2D eigenvalue weighted by atomic mass is 35.5. The number of benzene rings is 3. The average Bonchev–Trinajstić information content (AvgIpc) is 3.10. The zero-order valence-corrected chi connectivity index (χ0v) is 27.1. The van der Waals surface area contributed by atoms with E-state index in [1.54, 1.807) is 61.0 Å². The highest BCUT2D eigenvalue weighted by molar-refractivity contribution is 6.35. The maximum atomic E-state index is 12.0. The smallest absolute Gasteiger partial charge is 0.220 e. The topological polar surface area (TPSA) is 120 Å². The summed E-state index contributed by atoms with van der Waals surface area (Å²) in [7, 11) is 0. The molecule has 0 aromatic heterocycles. The van der Waals surface area contributed by atoms with Crippen LogP contribution in [0.2, 0.25) is 10.0 Å². The van der Waals surface area contributed by atoms with Gasteiger partial charge in [-0.3, -0.25) is 9.59 Å². The Morgan fingerprint density at radius 1 is 0.688 bits per heavy atom. The van der Waals surface area contributed by atoms with Gasteiger partial charge >= 0.3 is 0 Å². The van der Waals surface area contributed by atoms with Crippen LogP contribution >= 0.6 is 23.2 Å². The normalized spacial score (nSPS) is 17.0. The number of carbonyl (C=O) groups is 2. The second-order valence-corrected chi connectivity index (χ2v) is 11.4. The van der Waals surface area contributed by atoms with Gasteiger partial charge in [-0.15, -0.1) is 0 Å². The Morgan fingerprint density at radius 2 is 1.12 bits per heavy atom. The lowest BCUT2D eigenvalue weighted by atomic mass is 10.1. The van der Waals surface area contributed by atoms with E-state index in [9.17, 15) is 9.59 Å². The molecule has 7 rings (SSSR count). The summed E-state index contributed by atoms with van der Waals surface area (Å²) in [4.78, 5) is 33.4. The summed E-state index contributed by atoms with van der Waals surface area (Å²) in [5.74, 6) is 1.69. The molecule has 0 radical (unpaired) electrons. The first kappa shape index (κ1) is 31.0. The van der Waals surface area contributed by atoms with Crippen molar-refractivity contribution in [2.75, 3.05) is 23.8 Å². The molecule has 240 valence electrons. The van der Waals surface area contributed by atoms with Crippen LogP contribution < -0.4 is 30.8 Å². The van der Waals surface area contributed by atoms with Crippen molar-refractivity contribution in [1.82, 2.24) is 0 Å². The monoisotopic (exact) mass is 680 g/mol. The number of hydrogen-bond donors (Lipinski definition) is 2. The van der Waals surface area contributed by atoms with E-state index in [0.29, 0.717) is 58.3 Å². The molecule has 0 saturated heterocycles. The van der Waals surface area contributed by atoms with Crippen molar-refractivity contribution in [3.8, 4) is 23.0 Å². The first-order valence-corrected chi connectivity index (χ1v) is 15.8. The summed E-state index contributed by atoms with van der Waals surface area (Å²) in [6.07, 6.45) is 13.2. The molecular weight excluding hydrogens is 655 g/mol. The van der Waals surface area contributed by atoms with Gasteiger partial charge in [-0.2, -0.15) is 0 Å². The number of anilines is 2. The van der Waals surface area contributed by atoms with Crippen molar-refractivity contribution < 1.29 is 28.5 Å². The van der Waals surface area contributed by atoms with E-state index in [1.807, 2.05) is 26.0 Å². The number of fused-ring (bicyclic) bond motifs is 4. The van der Waals surface area contributed by atoms with Gasteiger partial charge in [-0.25, -0.2) is 9.98 Å². The Labute approximate surface area is 284 Å². The van der Waals surface area contributed by atoms with Crippen molar-refractivity contribution >= 4 is 57.5 Å². The first-order valence-electron chi connectivity index (χ1n) is 15.0. The van der Waals surface area contributed by atoms with Crippen molar-refractivity contribution in [2.45, 2.75) is 13.8 Å². The molecule has 0 bridgehead atoms. The lowest BCUT2D eigenvalue weighted by Crippen LogP contribution is -2.22. The molecule has 0 atom stereocenters. The number of allylic oxidation sites excluding steroid dienone is 8. The highest BCUT2D eigenvalue weighted by Crippen LogP contribution is 2.43. The molecule has 4 aliphatic rings. The molecule has 48 heavy (non-hydrogen) atoms. The van der Waals surface area contributed by atoms with E-state index in [1.165, 1.54) is 12.2 Å². The van der Waals surface area contributed by atoms with Crippen LogP contribution in [0.3, 0.4) is 0 Å². The summed E-state index contributed by atoms with van der Waals surface area (Å²) in [5, 5.41) is 7.50. The fraction of sp³-hybridized carbons (Fsp3) is 0.111. The van der Waals surface area contributed by atoms with Gasteiger partial charge in [-0.1, -0.05) is 23.2 Å². The third-order valence-corrected chi connectivity index (χ3v) is 8.10. The lowest BCUT2D eigenvalue weighted by Gasteiger charge is -2.21. The quantitative estimate of drug-likeness (QED) is 0.170. The number of ketones is 2.